The molecule has 0 saturated carbocycles. The molecule has 6 nitrogen and oxygen atoms in total. The van der Waals surface area contributed by atoms with Crippen LogP contribution in [0.15, 0.2) is 24.3 Å². The zero-order valence-corrected chi connectivity index (χ0v) is 9.84. The quantitative estimate of drug-likeness (QED) is 0.601. The van der Waals surface area contributed by atoms with Crippen LogP contribution in [-0.2, 0) is 0 Å². The molecule has 0 atom stereocenters. The van der Waals surface area contributed by atoms with E-state index in [1.807, 2.05) is 0 Å². The largest absolute Gasteiger partial charge is 0.277 e. The molecule has 0 unspecified atom stereocenters. The van der Waals surface area contributed by atoms with Crippen molar-refractivity contribution in [3.8, 4) is 0 Å². The van der Waals surface area contributed by atoms with Crippen molar-refractivity contribution in [3.05, 3.63) is 55.6 Å². The van der Waals surface area contributed by atoms with E-state index in [2.05, 4.69) is 0 Å². The number of non-ortho nitro benzene ring substituents is 2. The number of nitro benzene ring substituents is 2. The van der Waals surface area contributed by atoms with Gasteiger partial charge < -0.3 is 0 Å². The highest BCUT2D eigenvalue weighted by Gasteiger charge is 2.22. The minimum atomic E-state index is -0.515. The van der Waals surface area contributed by atoms with Gasteiger partial charge in [-0.1, -0.05) is 12.1 Å². The summed E-state index contributed by atoms with van der Waals surface area (Å²) in [5.41, 5.74) is 1.12. The van der Waals surface area contributed by atoms with Crippen LogP contribution in [0.1, 0.15) is 11.1 Å². The van der Waals surface area contributed by atoms with Gasteiger partial charge in [-0.05, 0) is 25.0 Å². The summed E-state index contributed by atoms with van der Waals surface area (Å²) in [5, 5.41) is 22.7. The SMILES string of the molecule is Cc1ccc([N+](=O)[O-])c2c(C)ccc([N+](=O)[O-])c12. The number of nitrogens with zero attached hydrogens (tertiary/aromatic N) is 2. The van der Waals surface area contributed by atoms with Gasteiger partial charge in [-0.25, -0.2) is 0 Å². The molecule has 0 aliphatic heterocycles. The van der Waals surface area contributed by atoms with Crippen molar-refractivity contribution < 1.29 is 9.85 Å². The predicted molar refractivity (Wildman–Crippen MR) is 66.7 cm³/mol. The summed E-state index contributed by atoms with van der Waals surface area (Å²) in [6, 6.07) is 5.84. The highest BCUT2D eigenvalue weighted by Crippen LogP contribution is 2.36. The maximum Gasteiger partial charge on any atom is 0.277 e. The van der Waals surface area contributed by atoms with Crippen molar-refractivity contribution in [2.75, 3.05) is 0 Å². The first kappa shape index (κ1) is 12.0. The first-order chi connectivity index (χ1) is 8.43. The average molecular weight is 246 g/mol. The number of rotatable bonds is 2. The molecular weight excluding hydrogens is 236 g/mol. The third kappa shape index (κ3) is 1.67. The standard InChI is InChI=1S/C12H10N2O4/c1-7-3-5-10(14(17)18)12-8(2)4-6-9(11(7)12)13(15)16/h3-6H,1-2H3. The third-order valence-electron chi connectivity index (χ3n) is 2.93. The van der Waals surface area contributed by atoms with Crippen LogP contribution in [0.5, 0.6) is 0 Å². The summed E-state index contributed by atoms with van der Waals surface area (Å²) in [7, 11) is 0. The third-order valence-corrected chi connectivity index (χ3v) is 2.93. The summed E-state index contributed by atoms with van der Waals surface area (Å²) < 4.78 is 0. The Kier molecular flexibility index (Phi) is 2.70. The van der Waals surface area contributed by atoms with E-state index in [9.17, 15) is 20.2 Å². The van der Waals surface area contributed by atoms with E-state index in [0.29, 0.717) is 21.9 Å². The molecule has 0 radical (unpaired) electrons. The lowest BCUT2D eigenvalue weighted by molar-refractivity contribution is -0.384. The molecule has 92 valence electrons. The van der Waals surface area contributed by atoms with Crippen LogP contribution in [0.4, 0.5) is 11.4 Å². The molecule has 0 fully saturated rings. The van der Waals surface area contributed by atoms with Gasteiger partial charge in [-0.3, -0.25) is 20.2 Å². The molecule has 0 aromatic heterocycles. The van der Waals surface area contributed by atoms with Crippen molar-refractivity contribution in [2.45, 2.75) is 13.8 Å². The van der Waals surface area contributed by atoms with E-state index in [1.165, 1.54) is 24.3 Å². The fourth-order valence-electron chi connectivity index (χ4n) is 2.10. The first-order valence-corrected chi connectivity index (χ1v) is 5.25. The van der Waals surface area contributed by atoms with E-state index in [0.717, 1.165) is 0 Å². The van der Waals surface area contributed by atoms with E-state index < -0.39 is 9.85 Å². The van der Waals surface area contributed by atoms with E-state index in [-0.39, 0.29) is 11.4 Å². The lowest BCUT2D eigenvalue weighted by Gasteiger charge is -2.06. The number of hydrogen-bond acceptors (Lipinski definition) is 4. The Labute approximate surface area is 102 Å². The van der Waals surface area contributed by atoms with Gasteiger partial charge in [-0.15, -0.1) is 0 Å². The van der Waals surface area contributed by atoms with Gasteiger partial charge in [0.1, 0.15) is 0 Å². The minimum absolute atomic E-state index is 0.100. The number of nitro groups is 2. The Morgan fingerprint density at radius 1 is 0.778 bits per heavy atom. The van der Waals surface area contributed by atoms with Crippen LogP contribution in [0.25, 0.3) is 10.8 Å². The van der Waals surface area contributed by atoms with E-state index in [1.54, 1.807) is 13.8 Å². The van der Waals surface area contributed by atoms with Crippen molar-refractivity contribution >= 4 is 22.1 Å². The first-order valence-electron chi connectivity index (χ1n) is 5.25. The van der Waals surface area contributed by atoms with Gasteiger partial charge in [0.25, 0.3) is 11.4 Å². The Morgan fingerprint density at radius 2 is 1.11 bits per heavy atom. The molecule has 2 aromatic rings. The molecule has 0 aliphatic rings. The zero-order valence-electron chi connectivity index (χ0n) is 9.84. The number of benzene rings is 2. The van der Waals surface area contributed by atoms with Gasteiger partial charge >= 0.3 is 0 Å². The van der Waals surface area contributed by atoms with Crippen molar-refractivity contribution in [1.29, 1.82) is 0 Å². The summed E-state index contributed by atoms with van der Waals surface area (Å²) in [4.78, 5) is 21.0. The summed E-state index contributed by atoms with van der Waals surface area (Å²) >= 11 is 0. The van der Waals surface area contributed by atoms with Gasteiger partial charge in [0.2, 0.25) is 0 Å². The molecule has 0 heterocycles. The second kappa shape index (κ2) is 4.06. The minimum Gasteiger partial charge on any atom is -0.258 e. The number of hydrogen-bond donors (Lipinski definition) is 0. The highest BCUT2D eigenvalue weighted by molar-refractivity contribution is 6.01. The summed E-state index contributed by atoms with van der Waals surface area (Å²) in [6.45, 7) is 3.41. The van der Waals surface area contributed by atoms with E-state index >= 15 is 0 Å². The van der Waals surface area contributed by atoms with Crippen LogP contribution in [-0.4, -0.2) is 9.85 Å². The van der Waals surface area contributed by atoms with Gasteiger partial charge in [0, 0.05) is 12.1 Å². The van der Waals surface area contributed by atoms with Crippen molar-refractivity contribution in [2.24, 2.45) is 0 Å². The van der Waals surface area contributed by atoms with Gasteiger partial charge in [-0.2, -0.15) is 0 Å². The summed E-state index contributed by atoms with van der Waals surface area (Å²) in [6.07, 6.45) is 0. The second-order valence-corrected chi connectivity index (χ2v) is 4.07. The molecule has 0 bridgehead atoms. The molecular formula is C12H10N2O4. The lowest BCUT2D eigenvalue weighted by Crippen LogP contribution is -1.97. The molecule has 18 heavy (non-hydrogen) atoms. The number of aryl methyl sites for hydroxylation is 2. The van der Waals surface area contributed by atoms with Crippen LogP contribution < -0.4 is 0 Å². The molecule has 0 spiro atoms. The van der Waals surface area contributed by atoms with Crippen LogP contribution >= 0.6 is 0 Å². The van der Waals surface area contributed by atoms with Crippen molar-refractivity contribution in [1.82, 2.24) is 0 Å². The fourth-order valence-corrected chi connectivity index (χ4v) is 2.10. The van der Waals surface area contributed by atoms with Gasteiger partial charge in [0.05, 0.1) is 20.6 Å². The molecule has 0 N–H and O–H groups in total. The van der Waals surface area contributed by atoms with Crippen LogP contribution in [0, 0.1) is 34.1 Å². The Morgan fingerprint density at radius 3 is 1.39 bits per heavy atom. The normalized spacial score (nSPS) is 10.6. The maximum absolute atomic E-state index is 11.0. The zero-order chi connectivity index (χ0) is 13.4. The van der Waals surface area contributed by atoms with Gasteiger partial charge in [0.15, 0.2) is 0 Å². The maximum atomic E-state index is 11.0. The highest BCUT2D eigenvalue weighted by atomic mass is 16.6. The van der Waals surface area contributed by atoms with Crippen LogP contribution in [0.3, 0.4) is 0 Å². The molecule has 6 heteroatoms. The topological polar surface area (TPSA) is 86.3 Å². The Hall–Kier alpha value is -2.50. The monoisotopic (exact) mass is 246 g/mol. The fraction of sp³-hybridized carbons (Fsp3) is 0.167. The molecule has 0 amide bonds. The molecule has 2 rings (SSSR count). The molecule has 0 saturated heterocycles. The van der Waals surface area contributed by atoms with Crippen LogP contribution in [0.2, 0.25) is 0 Å². The molecule has 0 aliphatic carbocycles. The lowest BCUT2D eigenvalue weighted by atomic mass is 9.98. The number of fused-ring (bicyclic) bond motifs is 1. The smallest absolute Gasteiger partial charge is 0.258 e. The Balaban J connectivity index is 3.04. The average Bonchev–Trinajstić information content (AvgIpc) is 2.29. The van der Waals surface area contributed by atoms with E-state index in [4.69, 9.17) is 0 Å². The predicted octanol–water partition coefficient (Wildman–Crippen LogP) is 3.27. The summed E-state index contributed by atoms with van der Waals surface area (Å²) in [5.74, 6) is 0. The second-order valence-electron chi connectivity index (χ2n) is 4.07. The Bertz CT molecular complexity index is 620. The van der Waals surface area contributed by atoms with Crippen molar-refractivity contribution in [3.63, 3.8) is 0 Å². The molecule has 2 aromatic carbocycles.